The molecule has 1 amide bonds. The molecule has 1 heterocycles. The van der Waals surface area contributed by atoms with E-state index in [2.05, 4.69) is 41.9 Å². The number of nitrogens with one attached hydrogen (secondary N) is 1. The van der Waals surface area contributed by atoms with Crippen molar-refractivity contribution in [3.05, 3.63) is 65.2 Å². The van der Waals surface area contributed by atoms with E-state index in [9.17, 15) is 4.79 Å². The molecule has 0 aliphatic carbocycles. The van der Waals surface area contributed by atoms with Crippen molar-refractivity contribution in [2.45, 2.75) is 30.9 Å². The zero-order valence-corrected chi connectivity index (χ0v) is 15.9. The van der Waals surface area contributed by atoms with Gasteiger partial charge in [0, 0.05) is 34.2 Å². The van der Waals surface area contributed by atoms with Gasteiger partial charge in [-0.25, -0.2) is 4.98 Å². The molecule has 2 aromatic carbocycles. The van der Waals surface area contributed by atoms with Crippen LogP contribution in [0.15, 0.2) is 58.8 Å². The van der Waals surface area contributed by atoms with Crippen LogP contribution in [0.4, 0.5) is 5.69 Å². The molecule has 3 aromatic rings. The fourth-order valence-corrected chi connectivity index (χ4v) is 4.11. The van der Waals surface area contributed by atoms with Gasteiger partial charge in [0.2, 0.25) is 5.91 Å². The van der Waals surface area contributed by atoms with E-state index in [4.69, 9.17) is 4.98 Å². The minimum atomic E-state index is -0.0534. The number of anilines is 1. The molecule has 3 nitrogen and oxygen atoms in total. The minimum absolute atomic E-state index is 0.0534. The van der Waals surface area contributed by atoms with E-state index in [-0.39, 0.29) is 5.91 Å². The number of aryl methyl sites for hydroxylation is 1. The first-order chi connectivity index (χ1) is 12.1. The molecule has 25 heavy (non-hydrogen) atoms. The van der Waals surface area contributed by atoms with Gasteiger partial charge in [-0.15, -0.1) is 23.1 Å². The quantitative estimate of drug-likeness (QED) is 0.574. The fourth-order valence-electron chi connectivity index (χ4n) is 2.38. The molecule has 3 rings (SSSR count). The number of hydrogen-bond donors (Lipinski definition) is 1. The van der Waals surface area contributed by atoms with Crippen molar-refractivity contribution >= 4 is 34.7 Å². The molecule has 0 fully saturated rings. The number of benzene rings is 2. The molecule has 0 saturated carbocycles. The number of hydrogen-bond acceptors (Lipinski definition) is 4. The zero-order chi connectivity index (χ0) is 17.6. The van der Waals surface area contributed by atoms with Crippen molar-refractivity contribution in [2.24, 2.45) is 0 Å². The summed E-state index contributed by atoms with van der Waals surface area (Å²) in [5, 5.41) is 5.97. The highest BCUT2D eigenvalue weighted by atomic mass is 32.2. The van der Waals surface area contributed by atoms with Crippen LogP contribution in [0.2, 0.25) is 0 Å². The highest BCUT2D eigenvalue weighted by Crippen LogP contribution is 2.28. The smallest absolute Gasteiger partial charge is 0.221 e. The Labute approximate surface area is 156 Å². The molecule has 0 unspecified atom stereocenters. The van der Waals surface area contributed by atoms with Crippen molar-refractivity contribution in [2.75, 3.05) is 5.32 Å². The van der Waals surface area contributed by atoms with Gasteiger partial charge < -0.3 is 5.32 Å². The normalized spacial score (nSPS) is 10.6. The van der Waals surface area contributed by atoms with Crippen LogP contribution in [0, 0.1) is 0 Å². The second kappa shape index (κ2) is 8.32. The Morgan fingerprint density at radius 3 is 2.48 bits per heavy atom. The summed E-state index contributed by atoms with van der Waals surface area (Å²) in [6.07, 6.45) is 1.06. The maximum absolute atomic E-state index is 11.0. The molecular weight excluding hydrogens is 348 g/mol. The molecule has 0 spiro atoms. The van der Waals surface area contributed by atoms with Gasteiger partial charge in [-0.3, -0.25) is 4.79 Å². The van der Waals surface area contributed by atoms with Crippen LogP contribution in [-0.4, -0.2) is 10.9 Å². The first-order valence-electron chi connectivity index (χ1n) is 8.18. The lowest BCUT2D eigenvalue weighted by Crippen LogP contribution is -2.05. The van der Waals surface area contributed by atoms with Gasteiger partial charge >= 0.3 is 0 Å². The van der Waals surface area contributed by atoms with Crippen LogP contribution in [0.5, 0.6) is 0 Å². The summed E-state index contributed by atoms with van der Waals surface area (Å²) in [4.78, 5) is 17.0. The lowest BCUT2D eigenvalue weighted by molar-refractivity contribution is -0.114. The Hall–Kier alpha value is -2.11. The summed E-state index contributed by atoms with van der Waals surface area (Å²) in [7, 11) is 0. The Bertz CT molecular complexity index is 839. The van der Waals surface area contributed by atoms with E-state index in [0.717, 1.165) is 33.5 Å². The monoisotopic (exact) mass is 368 g/mol. The maximum atomic E-state index is 11.0. The first kappa shape index (κ1) is 17.7. The molecule has 0 bridgehead atoms. The Morgan fingerprint density at radius 2 is 1.84 bits per heavy atom. The van der Waals surface area contributed by atoms with Crippen LogP contribution in [0.1, 0.15) is 25.1 Å². The van der Waals surface area contributed by atoms with Crippen LogP contribution >= 0.6 is 23.1 Å². The summed E-state index contributed by atoms with van der Waals surface area (Å²) in [5.41, 5.74) is 4.44. The van der Waals surface area contributed by atoms with E-state index in [1.165, 1.54) is 18.1 Å². The van der Waals surface area contributed by atoms with Gasteiger partial charge in [0.25, 0.3) is 0 Å². The number of thioether (sulfide) groups is 1. The molecule has 1 N–H and O–H groups in total. The largest absolute Gasteiger partial charge is 0.326 e. The third kappa shape index (κ3) is 4.94. The lowest BCUT2D eigenvalue weighted by atomic mass is 10.1. The van der Waals surface area contributed by atoms with Gasteiger partial charge in [0.15, 0.2) is 0 Å². The molecular formula is C20H20N2OS2. The number of nitrogens with zero attached hydrogens (tertiary/aromatic N) is 1. The van der Waals surface area contributed by atoms with Gasteiger partial charge in [0.1, 0.15) is 5.01 Å². The molecule has 128 valence electrons. The van der Waals surface area contributed by atoms with Crippen molar-refractivity contribution in [3.8, 4) is 10.6 Å². The standard InChI is InChI=1S/C20H20N2OS2/c1-3-15-4-6-16(7-5-15)20-22-18(13-25-20)12-24-19-10-8-17(9-11-19)21-14(2)23/h4-11,13H,3,12H2,1-2H3,(H,21,23). The lowest BCUT2D eigenvalue weighted by Gasteiger charge is -2.03. The third-order valence-electron chi connectivity index (χ3n) is 3.72. The number of carbonyl (C=O) groups is 1. The fraction of sp³-hybridized carbons (Fsp3) is 0.200. The molecule has 0 saturated heterocycles. The maximum Gasteiger partial charge on any atom is 0.221 e. The van der Waals surface area contributed by atoms with E-state index >= 15 is 0 Å². The van der Waals surface area contributed by atoms with Crippen molar-refractivity contribution in [1.82, 2.24) is 4.98 Å². The summed E-state index contributed by atoms with van der Waals surface area (Å²) in [6, 6.07) is 16.5. The average Bonchev–Trinajstić information content (AvgIpc) is 3.10. The first-order valence-corrected chi connectivity index (χ1v) is 10.0. The minimum Gasteiger partial charge on any atom is -0.326 e. The van der Waals surface area contributed by atoms with Gasteiger partial charge in [0.05, 0.1) is 5.69 Å². The van der Waals surface area contributed by atoms with Crippen molar-refractivity contribution in [1.29, 1.82) is 0 Å². The molecule has 0 aliphatic heterocycles. The van der Waals surface area contributed by atoms with Crippen LogP contribution < -0.4 is 5.32 Å². The third-order valence-corrected chi connectivity index (χ3v) is 5.71. The Morgan fingerprint density at radius 1 is 1.12 bits per heavy atom. The summed E-state index contributed by atoms with van der Waals surface area (Å²) >= 11 is 3.44. The van der Waals surface area contributed by atoms with E-state index in [1.54, 1.807) is 23.1 Å². The predicted molar refractivity (Wildman–Crippen MR) is 107 cm³/mol. The number of thiazole rings is 1. The van der Waals surface area contributed by atoms with Crippen molar-refractivity contribution < 1.29 is 4.79 Å². The summed E-state index contributed by atoms with van der Waals surface area (Å²) in [6.45, 7) is 3.68. The Balaban J connectivity index is 1.60. The van der Waals surface area contributed by atoms with Gasteiger partial charge in [-0.05, 0) is 36.2 Å². The SMILES string of the molecule is CCc1ccc(-c2nc(CSc3ccc(NC(C)=O)cc3)cs2)cc1. The number of amides is 1. The van der Waals surface area contributed by atoms with Crippen LogP contribution in [-0.2, 0) is 17.0 Å². The molecule has 0 atom stereocenters. The van der Waals surface area contributed by atoms with Gasteiger partial charge in [-0.2, -0.15) is 0 Å². The molecule has 0 radical (unpaired) electrons. The molecule has 0 aliphatic rings. The Kier molecular flexibility index (Phi) is 5.89. The van der Waals surface area contributed by atoms with E-state index in [1.807, 2.05) is 24.3 Å². The number of carbonyl (C=O) groups excluding carboxylic acids is 1. The second-order valence-electron chi connectivity index (χ2n) is 5.69. The number of aromatic nitrogens is 1. The molecule has 1 aromatic heterocycles. The number of rotatable bonds is 6. The zero-order valence-electron chi connectivity index (χ0n) is 14.3. The summed E-state index contributed by atoms with van der Waals surface area (Å²) in [5.74, 6) is 0.783. The van der Waals surface area contributed by atoms with E-state index < -0.39 is 0 Å². The average molecular weight is 369 g/mol. The second-order valence-corrected chi connectivity index (χ2v) is 7.60. The predicted octanol–water partition coefficient (Wildman–Crippen LogP) is 5.62. The highest BCUT2D eigenvalue weighted by molar-refractivity contribution is 7.98. The van der Waals surface area contributed by atoms with E-state index in [0.29, 0.717) is 0 Å². The van der Waals surface area contributed by atoms with Crippen LogP contribution in [0.3, 0.4) is 0 Å². The van der Waals surface area contributed by atoms with Gasteiger partial charge in [-0.1, -0.05) is 31.2 Å². The topological polar surface area (TPSA) is 42.0 Å². The van der Waals surface area contributed by atoms with Crippen molar-refractivity contribution in [3.63, 3.8) is 0 Å². The highest BCUT2D eigenvalue weighted by Gasteiger charge is 2.06. The summed E-state index contributed by atoms with van der Waals surface area (Å²) < 4.78 is 0. The molecule has 5 heteroatoms. The van der Waals surface area contributed by atoms with Crippen LogP contribution in [0.25, 0.3) is 10.6 Å².